The molecule has 4 rings (SSSR count). The molecule has 0 aromatic heterocycles. The molecule has 1 amide bonds. The van der Waals surface area contributed by atoms with Crippen LogP contribution < -0.4 is 19.5 Å². The monoisotopic (exact) mass is 488 g/mol. The standard InChI is InChI=1S/C23H21ClN2O6S/c1-26(33(28,29)19-7-4-17(24)5-8-19)13-16-11-15(3-9-20(16)30-2)23(27)25-18-6-10-21-22(12-18)32-14-31-21/h3-12H,13-14H2,1-2H3,(H,25,27). The molecule has 0 aliphatic carbocycles. The van der Waals surface area contributed by atoms with Gasteiger partial charge in [-0.05, 0) is 54.6 Å². The van der Waals surface area contributed by atoms with Crippen LogP contribution in [0.4, 0.5) is 5.69 Å². The summed E-state index contributed by atoms with van der Waals surface area (Å²) in [5, 5.41) is 3.25. The first kappa shape index (κ1) is 22.9. The Hall–Kier alpha value is -3.27. The molecule has 0 atom stereocenters. The van der Waals surface area contributed by atoms with Crippen LogP contribution in [-0.4, -0.2) is 39.6 Å². The van der Waals surface area contributed by atoms with E-state index < -0.39 is 10.0 Å². The third kappa shape index (κ3) is 4.90. The van der Waals surface area contributed by atoms with Gasteiger partial charge in [-0.3, -0.25) is 4.79 Å². The lowest BCUT2D eigenvalue weighted by Crippen LogP contribution is -2.27. The fraction of sp³-hybridized carbons (Fsp3) is 0.174. The molecule has 3 aromatic carbocycles. The molecule has 0 saturated heterocycles. The average molecular weight is 489 g/mol. The molecular weight excluding hydrogens is 468 g/mol. The maximum absolute atomic E-state index is 12.9. The molecule has 3 aromatic rings. The predicted octanol–water partition coefficient (Wildman–Crippen LogP) is 4.15. The van der Waals surface area contributed by atoms with Crippen molar-refractivity contribution in [3.05, 3.63) is 76.8 Å². The van der Waals surface area contributed by atoms with E-state index in [1.165, 1.54) is 42.7 Å². The first-order chi connectivity index (χ1) is 15.8. The average Bonchev–Trinajstić information content (AvgIpc) is 3.27. The second-order valence-corrected chi connectivity index (χ2v) is 9.75. The number of carbonyl (C=O) groups excluding carboxylic acids is 1. The number of nitrogens with one attached hydrogen (secondary N) is 1. The number of hydrogen-bond donors (Lipinski definition) is 1. The number of ether oxygens (including phenoxy) is 3. The zero-order valence-electron chi connectivity index (χ0n) is 17.9. The zero-order valence-corrected chi connectivity index (χ0v) is 19.4. The van der Waals surface area contributed by atoms with Crippen LogP contribution in [0, 0.1) is 0 Å². The van der Waals surface area contributed by atoms with Crippen molar-refractivity contribution in [2.45, 2.75) is 11.4 Å². The van der Waals surface area contributed by atoms with E-state index in [0.29, 0.717) is 39.1 Å². The van der Waals surface area contributed by atoms with Crippen molar-refractivity contribution >= 4 is 33.2 Å². The molecule has 0 saturated carbocycles. The predicted molar refractivity (Wildman–Crippen MR) is 124 cm³/mol. The zero-order chi connectivity index (χ0) is 23.6. The van der Waals surface area contributed by atoms with Gasteiger partial charge in [0.2, 0.25) is 16.8 Å². The SMILES string of the molecule is COc1ccc(C(=O)Nc2ccc3c(c2)OCO3)cc1CN(C)S(=O)(=O)c1ccc(Cl)cc1. The van der Waals surface area contributed by atoms with Gasteiger partial charge in [-0.15, -0.1) is 0 Å². The molecule has 1 heterocycles. The van der Waals surface area contributed by atoms with Crippen LogP contribution >= 0.6 is 11.6 Å². The molecule has 172 valence electrons. The van der Waals surface area contributed by atoms with E-state index in [9.17, 15) is 13.2 Å². The van der Waals surface area contributed by atoms with Gasteiger partial charge in [-0.1, -0.05) is 11.6 Å². The quantitative estimate of drug-likeness (QED) is 0.537. The highest BCUT2D eigenvalue weighted by Gasteiger charge is 2.23. The van der Waals surface area contributed by atoms with Crippen molar-refractivity contribution in [3.63, 3.8) is 0 Å². The summed E-state index contributed by atoms with van der Waals surface area (Å²) in [5.74, 6) is 1.27. The van der Waals surface area contributed by atoms with Gasteiger partial charge < -0.3 is 19.5 Å². The van der Waals surface area contributed by atoms with Gasteiger partial charge in [0.15, 0.2) is 11.5 Å². The van der Waals surface area contributed by atoms with Gasteiger partial charge in [0.05, 0.1) is 12.0 Å². The topological polar surface area (TPSA) is 94.2 Å². The molecule has 0 unspecified atom stereocenters. The van der Waals surface area contributed by atoms with Gasteiger partial charge in [0, 0.05) is 41.5 Å². The van der Waals surface area contributed by atoms with E-state index in [1.54, 1.807) is 36.4 Å². The molecular formula is C23H21ClN2O6S. The Kier molecular flexibility index (Phi) is 6.46. The minimum Gasteiger partial charge on any atom is -0.496 e. The number of hydrogen-bond acceptors (Lipinski definition) is 6. The third-order valence-corrected chi connectivity index (χ3v) is 7.16. The van der Waals surface area contributed by atoms with Crippen molar-refractivity contribution in [1.29, 1.82) is 0 Å². The molecule has 0 bridgehead atoms. The Balaban J connectivity index is 1.55. The van der Waals surface area contributed by atoms with Crippen LogP contribution in [-0.2, 0) is 16.6 Å². The summed E-state index contributed by atoms with van der Waals surface area (Å²) in [5.41, 5.74) is 1.43. The molecule has 0 radical (unpaired) electrons. The van der Waals surface area contributed by atoms with Crippen molar-refractivity contribution in [1.82, 2.24) is 4.31 Å². The third-order valence-electron chi connectivity index (χ3n) is 5.09. The lowest BCUT2D eigenvalue weighted by atomic mass is 10.1. The molecule has 1 N–H and O–H groups in total. The van der Waals surface area contributed by atoms with Crippen LogP contribution in [0.1, 0.15) is 15.9 Å². The van der Waals surface area contributed by atoms with Crippen molar-refractivity contribution < 1.29 is 27.4 Å². The van der Waals surface area contributed by atoms with Crippen molar-refractivity contribution in [2.24, 2.45) is 0 Å². The minimum atomic E-state index is -3.77. The maximum Gasteiger partial charge on any atom is 0.255 e. The molecule has 33 heavy (non-hydrogen) atoms. The Morgan fingerprint density at radius 3 is 2.52 bits per heavy atom. The van der Waals surface area contributed by atoms with Gasteiger partial charge in [-0.2, -0.15) is 4.31 Å². The molecule has 0 spiro atoms. The number of benzene rings is 3. The summed E-state index contributed by atoms with van der Waals surface area (Å²) in [6, 6.07) is 15.9. The van der Waals surface area contributed by atoms with Crippen LogP contribution in [0.15, 0.2) is 65.6 Å². The number of rotatable bonds is 7. The summed E-state index contributed by atoms with van der Waals surface area (Å²) in [6.45, 7) is 0.139. The van der Waals surface area contributed by atoms with E-state index in [4.69, 9.17) is 25.8 Å². The molecule has 10 heteroatoms. The molecule has 8 nitrogen and oxygen atoms in total. The van der Waals surface area contributed by atoms with E-state index >= 15 is 0 Å². The van der Waals surface area contributed by atoms with E-state index in [0.717, 1.165) is 0 Å². The second kappa shape index (κ2) is 9.30. The minimum absolute atomic E-state index is 0.000717. The number of fused-ring (bicyclic) bond motifs is 1. The van der Waals surface area contributed by atoms with Gasteiger partial charge in [0.25, 0.3) is 5.91 Å². The van der Waals surface area contributed by atoms with Gasteiger partial charge >= 0.3 is 0 Å². The lowest BCUT2D eigenvalue weighted by molar-refractivity contribution is 0.102. The summed E-state index contributed by atoms with van der Waals surface area (Å²) in [7, 11) is -0.828. The Morgan fingerprint density at radius 2 is 1.79 bits per heavy atom. The Labute approximate surface area is 196 Å². The van der Waals surface area contributed by atoms with E-state index in [-0.39, 0.29) is 24.1 Å². The summed E-state index contributed by atoms with van der Waals surface area (Å²) >= 11 is 5.87. The van der Waals surface area contributed by atoms with Crippen molar-refractivity contribution in [3.8, 4) is 17.2 Å². The van der Waals surface area contributed by atoms with Gasteiger partial charge in [0.1, 0.15) is 5.75 Å². The van der Waals surface area contributed by atoms with Crippen LogP contribution in [0.3, 0.4) is 0 Å². The lowest BCUT2D eigenvalue weighted by Gasteiger charge is -2.19. The Bertz CT molecular complexity index is 1290. The molecule has 0 fully saturated rings. The number of sulfonamides is 1. The molecule has 1 aliphatic rings. The van der Waals surface area contributed by atoms with Gasteiger partial charge in [-0.25, -0.2) is 8.42 Å². The summed E-state index contributed by atoms with van der Waals surface area (Å²) < 4.78 is 43.1. The van der Waals surface area contributed by atoms with E-state index in [1.807, 2.05) is 0 Å². The fourth-order valence-corrected chi connectivity index (χ4v) is 4.61. The Morgan fingerprint density at radius 1 is 1.06 bits per heavy atom. The molecule has 1 aliphatic heterocycles. The number of carbonyl (C=O) groups is 1. The number of amides is 1. The number of nitrogens with zero attached hydrogens (tertiary/aromatic N) is 1. The fourth-order valence-electron chi connectivity index (χ4n) is 3.33. The van der Waals surface area contributed by atoms with Crippen LogP contribution in [0.2, 0.25) is 5.02 Å². The number of halogens is 1. The summed E-state index contributed by atoms with van der Waals surface area (Å²) in [6.07, 6.45) is 0. The highest BCUT2D eigenvalue weighted by molar-refractivity contribution is 7.89. The van der Waals surface area contributed by atoms with Crippen LogP contribution in [0.25, 0.3) is 0 Å². The smallest absolute Gasteiger partial charge is 0.255 e. The van der Waals surface area contributed by atoms with E-state index in [2.05, 4.69) is 5.32 Å². The number of methoxy groups -OCH3 is 1. The normalized spacial score (nSPS) is 12.6. The number of anilines is 1. The highest BCUT2D eigenvalue weighted by Crippen LogP contribution is 2.34. The highest BCUT2D eigenvalue weighted by atomic mass is 35.5. The largest absolute Gasteiger partial charge is 0.496 e. The first-order valence-corrected chi connectivity index (χ1v) is 11.7. The van der Waals surface area contributed by atoms with Crippen molar-refractivity contribution in [2.75, 3.05) is 26.3 Å². The maximum atomic E-state index is 12.9. The second-order valence-electron chi connectivity index (χ2n) is 7.26. The summed E-state index contributed by atoms with van der Waals surface area (Å²) in [4.78, 5) is 12.9. The first-order valence-electron chi connectivity index (χ1n) is 9.88. The van der Waals surface area contributed by atoms with Crippen LogP contribution in [0.5, 0.6) is 17.2 Å².